The van der Waals surface area contributed by atoms with Crippen LogP contribution in [-0.4, -0.2) is 15.0 Å². The summed E-state index contributed by atoms with van der Waals surface area (Å²) in [5, 5.41) is 11.0. The fourth-order valence-electron chi connectivity index (χ4n) is 8.38. The summed E-state index contributed by atoms with van der Waals surface area (Å²) in [6, 6.07) is 56.6. The minimum absolute atomic E-state index is 0.601. The predicted molar refractivity (Wildman–Crippen MR) is 220 cm³/mol. The quantitative estimate of drug-likeness (QED) is 0.172. The molecule has 5 heteroatoms. The van der Waals surface area contributed by atoms with E-state index in [1.165, 1.54) is 5.39 Å². The van der Waals surface area contributed by atoms with Gasteiger partial charge in [0.25, 0.3) is 0 Å². The van der Waals surface area contributed by atoms with Gasteiger partial charge in [0, 0.05) is 43.6 Å². The van der Waals surface area contributed by atoms with Crippen LogP contribution in [0.2, 0.25) is 0 Å². The van der Waals surface area contributed by atoms with Crippen LogP contribution in [0.5, 0.6) is 0 Å². The molecule has 0 bridgehead atoms. The van der Waals surface area contributed by atoms with E-state index in [1.807, 2.05) is 36.4 Å². The third-order valence-electron chi connectivity index (χ3n) is 10.9. The van der Waals surface area contributed by atoms with Gasteiger partial charge in [-0.25, -0.2) is 15.0 Å². The Morgan fingerprint density at radius 2 is 0.907 bits per heavy atom. The van der Waals surface area contributed by atoms with Gasteiger partial charge < -0.3 is 8.83 Å². The zero-order valence-corrected chi connectivity index (χ0v) is 28.7. The Morgan fingerprint density at radius 1 is 0.296 bits per heavy atom. The van der Waals surface area contributed by atoms with Crippen molar-refractivity contribution >= 4 is 76.2 Å². The van der Waals surface area contributed by atoms with Crippen LogP contribution < -0.4 is 0 Å². The third-order valence-corrected chi connectivity index (χ3v) is 10.9. The van der Waals surface area contributed by atoms with Crippen molar-refractivity contribution in [3.8, 4) is 45.3 Å². The Balaban J connectivity index is 1.13. The molecule has 54 heavy (non-hydrogen) atoms. The summed E-state index contributed by atoms with van der Waals surface area (Å²) in [7, 11) is 0. The molecule has 5 nitrogen and oxygen atoms in total. The molecule has 0 saturated heterocycles. The van der Waals surface area contributed by atoms with Crippen molar-refractivity contribution in [2.75, 3.05) is 0 Å². The lowest BCUT2D eigenvalue weighted by Gasteiger charge is -2.12. The van der Waals surface area contributed by atoms with Crippen LogP contribution in [0, 0.1) is 0 Å². The maximum atomic E-state index is 6.85. The summed E-state index contributed by atoms with van der Waals surface area (Å²) in [6.45, 7) is 0. The van der Waals surface area contributed by atoms with Gasteiger partial charge in [0.05, 0.1) is 0 Å². The number of fused-ring (bicyclic) bond motifs is 9. The minimum Gasteiger partial charge on any atom is -0.456 e. The van der Waals surface area contributed by atoms with Crippen molar-refractivity contribution in [2.45, 2.75) is 0 Å². The molecule has 0 atom stereocenters. The van der Waals surface area contributed by atoms with Gasteiger partial charge in [0.2, 0.25) is 0 Å². The lowest BCUT2D eigenvalue weighted by atomic mass is 9.91. The predicted octanol–water partition coefficient (Wildman–Crippen LogP) is 13.2. The van der Waals surface area contributed by atoms with E-state index in [0.29, 0.717) is 17.5 Å². The third kappa shape index (κ3) is 4.24. The van der Waals surface area contributed by atoms with E-state index in [1.54, 1.807) is 0 Å². The highest BCUT2D eigenvalue weighted by Crippen LogP contribution is 2.48. The minimum atomic E-state index is 0.601. The van der Waals surface area contributed by atoms with E-state index in [0.717, 1.165) is 98.6 Å². The Hall–Kier alpha value is -7.37. The van der Waals surface area contributed by atoms with Crippen molar-refractivity contribution in [3.63, 3.8) is 0 Å². The molecular weight excluding hydrogens is 663 g/mol. The van der Waals surface area contributed by atoms with E-state index in [4.69, 9.17) is 23.8 Å². The molecule has 0 unspecified atom stereocenters. The largest absolute Gasteiger partial charge is 0.456 e. The molecule has 3 heterocycles. The number of hydrogen-bond acceptors (Lipinski definition) is 5. The van der Waals surface area contributed by atoms with Crippen LogP contribution in [0.1, 0.15) is 0 Å². The van der Waals surface area contributed by atoms with Crippen molar-refractivity contribution < 1.29 is 8.83 Å². The van der Waals surface area contributed by atoms with Crippen LogP contribution in [0.15, 0.2) is 173 Å². The van der Waals surface area contributed by atoms with Gasteiger partial charge in [0.15, 0.2) is 17.5 Å². The molecule has 0 aliphatic carbocycles. The standard InChI is InChI=1S/C49H27N3O2/c1-3-10-28(11-4-1)29-18-20-32(21-19-29)48-50-47(31-13-5-2-6-14-31)51-49(52-48)33-22-24-35-36-16-9-17-39-43(36)45-41(53-39)27-38-42-34-15-8-7-12-30(34)23-25-40(42)54-46(38)44(45)37(35)26-33/h1-27H. The molecule has 12 aromatic rings. The van der Waals surface area contributed by atoms with Crippen molar-refractivity contribution in [3.05, 3.63) is 164 Å². The van der Waals surface area contributed by atoms with Gasteiger partial charge in [-0.2, -0.15) is 0 Å². The summed E-state index contributed by atoms with van der Waals surface area (Å²) >= 11 is 0. The normalized spacial score (nSPS) is 12.1. The monoisotopic (exact) mass is 689 g/mol. The lowest BCUT2D eigenvalue weighted by Crippen LogP contribution is -2.00. The molecule has 3 aromatic heterocycles. The average Bonchev–Trinajstić information content (AvgIpc) is 3.82. The number of rotatable bonds is 4. The highest BCUT2D eigenvalue weighted by atomic mass is 16.3. The number of aromatic nitrogens is 3. The van der Waals surface area contributed by atoms with Crippen molar-refractivity contribution in [2.24, 2.45) is 0 Å². The van der Waals surface area contributed by atoms with Crippen LogP contribution >= 0.6 is 0 Å². The molecule has 250 valence electrons. The van der Waals surface area contributed by atoms with E-state index < -0.39 is 0 Å². The Bertz CT molecular complexity index is 3420. The molecule has 0 amide bonds. The van der Waals surface area contributed by atoms with Gasteiger partial charge in [0.1, 0.15) is 22.3 Å². The second-order valence-electron chi connectivity index (χ2n) is 13.9. The number of benzene rings is 9. The van der Waals surface area contributed by atoms with Gasteiger partial charge in [-0.1, -0.05) is 140 Å². The lowest BCUT2D eigenvalue weighted by molar-refractivity contribution is 0.666. The summed E-state index contributed by atoms with van der Waals surface area (Å²) in [5.74, 6) is 1.84. The molecule has 0 spiro atoms. The maximum Gasteiger partial charge on any atom is 0.164 e. The number of hydrogen-bond donors (Lipinski definition) is 0. The number of nitrogens with zero attached hydrogens (tertiary/aromatic N) is 3. The maximum absolute atomic E-state index is 6.85. The van der Waals surface area contributed by atoms with Crippen LogP contribution in [-0.2, 0) is 0 Å². The van der Waals surface area contributed by atoms with Crippen LogP contribution in [0.3, 0.4) is 0 Å². The zero-order valence-electron chi connectivity index (χ0n) is 28.7. The highest BCUT2D eigenvalue weighted by molar-refractivity contribution is 6.39. The van der Waals surface area contributed by atoms with E-state index in [-0.39, 0.29) is 0 Å². The second kappa shape index (κ2) is 11.1. The smallest absolute Gasteiger partial charge is 0.164 e. The Morgan fingerprint density at radius 3 is 1.70 bits per heavy atom. The van der Waals surface area contributed by atoms with E-state index in [9.17, 15) is 0 Å². The second-order valence-corrected chi connectivity index (χ2v) is 13.9. The first-order valence-corrected chi connectivity index (χ1v) is 18.1. The fraction of sp³-hybridized carbons (Fsp3) is 0. The Labute approximate surface area is 308 Å². The first kappa shape index (κ1) is 29.2. The summed E-state index contributed by atoms with van der Waals surface area (Å²) in [4.78, 5) is 15.3. The molecule has 0 aliphatic heterocycles. The average molecular weight is 690 g/mol. The van der Waals surface area contributed by atoms with Gasteiger partial charge in [-0.05, 0) is 62.3 Å². The number of furan rings is 2. The zero-order chi connectivity index (χ0) is 35.3. The summed E-state index contributed by atoms with van der Waals surface area (Å²) in [6.07, 6.45) is 0. The summed E-state index contributed by atoms with van der Waals surface area (Å²) < 4.78 is 13.5. The topological polar surface area (TPSA) is 65.0 Å². The molecule has 0 fully saturated rings. The first-order chi connectivity index (χ1) is 26.7. The van der Waals surface area contributed by atoms with Crippen molar-refractivity contribution in [1.82, 2.24) is 15.0 Å². The van der Waals surface area contributed by atoms with Crippen molar-refractivity contribution in [1.29, 1.82) is 0 Å². The molecular formula is C49H27N3O2. The van der Waals surface area contributed by atoms with Gasteiger partial charge >= 0.3 is 0 Å². The SMILES string of the molecule is c1ccc(-c2ccc(-c3nc(-c4ccccc4)nc(-c4ccc5c6cccc7oc8cc9c(oc%10ccc%11ccccc%11c%109)c(c5c4)c8c76)n3)cc2)cc1. The molecule has 0 saturated carbocycles. The van der Waals surface area contributed by atoms with E-state index >= 15 is 0 Å². The van der Waals surface area contributed by atoms with Crippen LogP contribution in [0.25, 0.3) is 121 Å². The summed E-state index contributed by atoms with van der Waals surface area (Å²) in [5.41, 5.74) is 8.46. The molecule has 0 radical (unpaired) electrons. The Kier molecular flexibility index (Phi) is 5.99. The molecule has 9 aromatic carbocycles. The van der Waals surface area contributed by atoms with Crippen LogP contribution in [0.4, 0.5) is 0 Å². The van der Waals surface area contributed by atoms with E-state index in [2.05, 4.69) is 127 Å². The highest BCUT2D eigenvalue weighted by Gasteiger charge is 2.24. The van der Waals surface area contributed by atoms with Gasteiger partial charge in [-0.15, -0.1) is 0 Å². The fourth-order valence-corrected chi connectivity index (χ4v) is 8.38. The molecule has 12 rings (SSSR count). The molecule has 0 aliphatic rings. The first-order valence-electron chi connectivity index (χ1n) is 18.1. The molecule has 0 N–H and O–H groups in total. The van der Waals surface area contributed by atoms with Gasteiger partial charge in [-0.3, -0.25) is 0 Å².